The summed E-state index contributed by atoms with van der Waals surface area (Å²) in [7, 11) is 0. The summed E-state index contributed by atoms with van der Waals surface area (Å²) >= 11 is 4.57. The zero-order chi connectivity index (χ0) is 20.9. The van der Waals surface area contributed by atoms with Gasteiger partial charge in [-0.15, -0.1) is 0 Å². The first-order chi connectivity index (χ1) is 13.2. The Balaban J connectivity index is 2.51. The molecule has 0 N–H and O–H groups in total. The summed E-state index contributed by atoms with van der Waals surface area (Å²) < 4.78 is 0. The lowest BCUT2D eigenvalue weighted by Crippen LogP contribution is -2.48. The number of hydrogen-bond acceptors (Lipinski definition) is 7. The van der Waals surface area contributed by atoms with E-state index >= 15 is 0 Å². The maximum absolute atomic E-state index is 13.5. The molecule has 0 bridgehead atoms. The molecule has 0 spiro atoms. The van der Waals surface area contributed by atoms with Crippen LogP contribution in [0.5, 0.6) is 0 Å². The van der Waals surface area contributed by atoms with Crippen LogP contribution in [0.4, 0.5) is 5.00 Å². The number of rotatable bonds is 8. The zero-order valence-corrected chi connectivity index (χ0v) is 19.6. The minimum Gasteiger partial charge on any atom is -0.274 e. The predicted octanol–water partition coefficient (Wildman–Crippen LogP) is 4.76. The molecule has 2 rings (SSSR count). The Bertz CT molecular complexity index is 821. The van der Waals surface area contributed by atoms with Crippen molar-refractivity contribution in [1.82, 2.24) is 9.97 Å². The molecule has 5 nitrogen and oxygen atoms in total. The molecule has 28 heavy (non-hydrogen) atoms. The van der Waals surface area contributed by atoms with E-state index in [2.05, 4.69) is 9.97 Å². The van der Waals surface area contributed by atoms with Gasteiger partial charge in [-0.3, -0.25) is 14.6 Å². The summed E-state index contributed by atoms with van der Waals surface area (Å²) in [6.45, 7) is 7.51. The van der Waals surface area contributed by atoms with Crippen LogP contribution < -0.4 is 4.90 Å². The second kappa shape index (κ2) is 9.89. The number of amides is 2. The lowest BCUT2D eigenvalue weighted by atomic mass is 9.93. The van der Waals surface area contributed by atoms with E-state index in [0.717, 1.165) is 10.6 Å². The number of carbonyl (C=O) groups excluding carboxylic acids is 2. The molecule has 0 saturated heterocycles. The molecule has 2 amide bonds. The van der Waals surface area contributed by atoms with Crippen molar-refractivity contribution < 1.29 is 9.59 Å². The maximum Gasteiger partial charge on any atom is 0.240 e. The number of anilines is 1. The quantitative estimate of drug-likeness (QED) is 0.593. The van der Waals surface area contributed by atoms with Crippen LogP contribution in [-0.4, -0.2) is 45.8 Å². The average Bonchev–Trinajstić information content (AvgIpc) is 3.04. The van der Waals surface area contributed by atoms with E-state index in [-0.39, 0.29) is 17.7 Å². The third kappa shape index (κ3) is 5.15. The van der Waals surface area contributed by atoms with Gasteiger partial charge in [-0.25, -0.2) is 9.88 Å². The van der Waals surface area contributed by atoms with Gasteiger partial charge in [-0.05, 0) is 31.6 Å². The monoisotopic (exact) mass is 437 g/mol. The van der Waals surface area contributed by atoms with Crippen molar-refractivity contribution in [3.8, 4) is 10.6 Å². The van der Waals surface area contributed by atoms with Gasteiger partial charge in [0.25, 0.3) is 0 Å². The van der Waals surface area contributed by atoms with Crippen LogP contribution in [0.2, 0.25) is 0 Å². The van der Waals surface area contributed by atoms with Crippen LogP contribution in [0.15, 0.2) is 24.5 Å². The van der Waals surface area contributed by atoms with Gasteiger partial charge < -0.3 is 0 Å². The molecule has 0 saturated carbocycles. The molecular formula is C20H27N3O2S3. The number of carbonyl (C=O) groups is 2. The van der Waals surface area contributed by atoms with E-state index in [9.17, 15) is 9.59 Å². The largest absolute Gasteiger partial charge is 0.274 e. The molecule has 2 heterocycles. The summed E-state index contributed by atoms with van der Waals surface area (Å²) in [5.41, 5.74) is 0.906. The summed E-state index contributed by atoms with van der Waals surface area (Å²) in [6, 6.07) is 3.78. The van der Waals surface area contributed by atoms with Crippen molar-refractivity contribution in [2.75, 3.05) is 28.9 Å². The van der Waals surface area contributed by atoms with E-state index in [1.165, 1.54) is 16.2 Å². The average molecular weight is 438 g/mol. The van der Waals surface area contributed by atoms with Crippen molar-refractivity contribution in [3.63, 3.8) is 0 Å². The van der Waals surface area contributed by atoms with Crippen LogP contribution >= 0.6 is 34.9 Å². The number of aryl methyl sites for hydroxylation is 1. The summed E-state index contributed by atoms with van der Waals surface area (Å²) in [6.07, 6.45) is 7.38. The van der Waals surface area contributed by atoms with Crippen LogP contribution in [-0.2, 0) is 9.59 Å². The van der Waals surface area contributed by atoms with Gasteiger partial charge in [-0.1, -0.05) is 32.1 Å². The highest BCUT2D eigenvalue weighted by molar-refractivity contribution is 7.98. The highest BCUT2D eigenvalue weighted by atomic mass is 32.2. The van der Waals surface area contributed by atoms with Gasteiger partial charge in [0.15, 0.2) is 0 Å². The lowest BCUT2D eigenvalue weighted by Gasteiger charge is -2.31. The first-order valence-corrected chi connectivity index (χ1v) is 12.6. The van der Waals surface area contributed by atoms with E-state index in [0.29, 0.717) is 22.2 Å². The fourth-order valence-corrected chi connectivity index (χ4v) is 5.32. The highest BCUT2D eigenvalue weighted by Crippen LogP contribution is 2.37. The molecule has 1 unspecified atom stereocenters. The van der Waals surface area contributed by atoms with Gasteiger partial charge in [0.05, 0.1) is 11.1 Å². The Hall–Kier alpha value is -1.38. The normalized spacial score (nSPS) is 12.6. The maximum atomic E-state index is 13.5. The molecule has 152 valence electrons. The Morgan fingerprint density at radius 1 is 1.29 bits per heavy atom. The van der Waals surface area contributed by atoms with E-state index < -0.39 is 5.41 Å². The van der Waals surface area contributed by atoms with Gasteiger partial charge >= 0.3 is 0 Å². The summed E-state index contributed by atoms with van der Waals surface area (Å²) in [5.74, 6) is 0.702. The highest BCUT2D eigenvalue weighted by Gasteiger charge is 2.39. The molecule has 0 fully saturated rings. The number of thiazole rings is 1. The third-order valence-corrected chi connectivity index (χ3v) is 7.26. The summed E-state index contributed by atoms with van der Waals surface area (Å²) in [4.78, 5) is 36.9. The Morgan fingerprint density at radius 3 is 2.57 bits per heavy atom. The van der Waals surface area contributed by atoms with Crippen LogP contribution in [0, 0.1) is 18.3 Å². The van der Waals surface area contributed by atoms with Crippen molar-refractivity contribution in [2.24, 2.45) is 11.3 Å². The predicted molar refractivity (Wildman–Crippen MR) is 122 cm³/mol. The Kier molecular flexibility index (Phi) is 8.09. The summed E-state index contributed by atoms with van der Waals surface area (Å²) in [5, 5.41) is 1.36. The molecule has 0 aliphatic carbocycles. The van der Waals surface area contributed by atoms with Crippen molar-refractivity contribution in [2.45, 2.75) is 27.7 Å². The lowest BCUT2D eigenvalue weighted by molar-refractivity contribution is -0.132. The van der Waals surface area contributed by atoms with Gasteiger partial charge in [0.2, 0.25) is 11.8 Å². The van der Waals surface area contributed by atoms with Crippen LogP contribution in [0.3, 0.4) is 0 Å². The second-order valence-corrected chi connectivity index (χ2v) is 10.1. The van der Waals surface area contributed by atoms with E-state index in [1.54, 1.807) is 35.9 Å². The first-order valence-electron chi connectivity index (χ1n) is 8.97. The van der Waals surface area contributed by atoms with Gasteiger partial charge in [-0.2, -0.15) is 23.5 Å². The molecular weight excluding hydrogens is 410 g/mol. The van der Waals surface area contributed by atoms with Crippen LogP contribution in [0.1, 0.15) is 26.5 Å². The first kappa shape index (κ1) is 22.9. The SMILES string of the molecule is CSCC(C)C(=O)N(C(=O)C(C)(C)CSC)c1sc(-c2cccnc2)nc1C. The topological polar surface area (TPSA) is 63.2 Å². The molecule has 0 aromatic carbocycles. The molecule has 2 aromatic heterocycles. The molecule has 0 radical (unpaired) electrons. The van der Waals surface area contributed by atoms with Gasteiger partial charge in [0, 0.05) is 35.4 Å². The standard InChI is InChI=1S/C20H27N3O2S3/c1-13(11-26-5)17(24)23(19(25)20(3,4)12-27-6)18-14(2)22-16(28-18)15-8-7-9-21-10-15/h7-10,13H,11-12H2,1-6H3. The van der Waals surface area contributed by atoms with Crippen LogP contribution in [0.25, 0.3) is 10.6 Å². The van der Waals surface area contributed by atoms with E-state index in [1.807, 2.05) is 52.3 Å². The molecule has 8 heteroatoms. The third-order valence-electron chi connectivity index (χ3n) is 4.23. The number of hydrogen-bond donors (Lipinski definition) is 0. The number of imide groups is 1. The Morgan fingerprint density at radius 2 is 2.00 bits per heavy atom. The van der Waals surface area contributed by atoms with Crippen molar-refractivity contribution in [1.29, 1.82) is 0 Å². The minimum absolute atomic E-state index is 0.169. The van der Waals surface area contributed by atoms with Gasteiger partial charge in [0.1, 0.15) is 10.0 Å². The molecule has 2 aromatic rings. The fourth-order valence-electron chi connectivity index (χ4n) is 2.77. The number of nitrogens with zero attached hydrogens (tertiary/aromatic N) is 3. The number of aromatic nitrogens is 2. The minimum atomic E-state index is -0.654. The van der Waals surface area contributed by atoms with E-state index in [4.69, 9.17) is 0 Å². The second-order valence-electron chi connectivity index (χ2n) is 7.30. The molecule has 1 atom stereocenters. The van der Waals surface area contributed by atoms with Crippen molar-refractivity contribution >= 4 is 51.7 Å². The molecule has 0 aliphatic heterocycles. The zero-order valence-electron chi connectivity index (χ0n) is 17.2. The number of pyridine rings is 1. The number of thioether (sulfide) groups is 2. The Labute approximate surface area is 179 Å². The fraction of sp³-hybridized carbons (Fsp3) is 0.500. The molecule has 0 aliphatic rings. The smallest absolute Gasteiger partial charge is 0.240 e. The van der Waals surface area contributed by atoms with Crippen molar-refractivity contribution in [3.05, 3.63) is 30.2 Å².